The Morgan fingerprint density at radius 2 is 1.92 bits per heavy atom. The van der Waals surface area contributed by atoms with Gasteiger partial charge in [-0.05, 0) is 26.8 Å². The summed E-state index contributed by atoms with van der Waals surface area (Å²) in [4.78, 5) is 0. The van der Waals surface area contributed by atoms with Crippen molar-refractivity contribution in [3.05, 3.63) is 28.2 Å². The Kier molecular flexibility index (Phi) is 3.09. The molecule has 0 saturated heterocycles. The molecule has 0 aliphatic rings. The number of ether oxygens (including phenoxy) is 1. The summed E-state index contributed by atoms with van der Waals surface area (Å²) in [5.41, 5.74) is -0.303. The SMILES string of the molecule is CC(C)(C)Oc1c(Cl)[c]ccc1Cl. The largest absolute Gasteiger partial charge is 0.485 e. The summed E-state index contributed by atoms with van der Waals surface area (Å²) in [5.74, 6) is 0.498. The van der Waals surface area contributed by atoms with Crippen LogP contribution in [0.3, 0.4) is 0 Å². The molecular formula is C10H11Cl2O. The Bertz CT molecular complexity index is 282. The quantitative estimate of drug-likeness (QED) is 0.692. The lowest BCUT2D eigenvalue weighted by atomic mass is 10.2. The third-order valence-electron chi connectivity index (χ3n) is 1.26. The van der Waals surface area contributed by atoms with Gasteiger partial charge in [-0.1, -0.05) is 29.3 Å². The maximum atomic E-state index is 5.91. The van der Waals surface area contributed by atoms with Gasteiger partial charge in [0.1, 0.15) is 5.60 Å². The molecule has 0 fully saturated rings. The van der Waals surface area contributed by atoms with Gasteiger partial charge in [-0.2, -0.15) is 0 Å². The van der Waals surface area contributed by atoms with E-state index in [-0.39, 0.29) is 5.60 Å². The summed E-state index contributed by atoms with van der Waals surface area (Å²) in [6.45, 7) is 5.81. The van der Waals surface area contributed by atoms with Gasteiger partial charge in [-0.25, -0.2) is 0 Å². The Hall–Kier alpha value is -0.400. The zero-order valence-electron chi connectivity index (χ0n) is 7.82. The van der Waals surface area contributed by atoms with Crippen molar-refractivity contribution >= 4 is 23.2 Å². The third kappa shape index (κ3) is 3.09. The van der Waals surface area contributed by atoms with Crippen LogP contribution in [0.15, 0.2) is 12.1 Å². The second-order valence-electron chi connectivity index (χ2n) is 3.68. The first-order valence-electron chi connectivity index (χ1n) is 3.95. The Morgan fingerprint density at radius 3 is 2.38 bits per heavy atom. The van der Waals surface area contributed by atoms with E-state index in [2.05, 4.69) is 6.07 Å². The fraction of sp³-hybridized carbons (Fsp3) is 0.400. The van der Waals surface area contributed by atoms with E-state index in [0.29, 0.717) is 15.8 Å². The van der Waals surface area contributed by atoms with Crippen LogP contribution in [0, 0.1) is 6.07 Å². The van der Waals surface area contributed by atoms with Crippen molar-refractivity contribution in [1.29, 1.82) is 0 Å². The van der Waals surface area contributed by atoms with Crippen LogP contribution in [0.25, 0.3) is 0 Å². The highest BCUT2D eigenvalue weighted by molar-refractivity contribution is 6.37. The van der Waals surface area contributed by atoms with Gasteiger partial charge >= 0.3 is 0 Å². The highest BCUT2D eigenvalue weighted by Crippen LogP contribution is 2.34. The highest BCUT2D eigenvalue weighted by Gasteiger charge is 2.16. The van der Waals surface area contributed by atoms with Gasteiger partial charge in [0.2, 0.25) is 0 Å². The number of halogens is 2. The summed E-state index contributed by atoms with van der Waals surface area (Å²) in [7, 11) is 0. The van der Waals surface area contributed by atoms with Crippen LogP contribution in [0.2, 0.25) is 10.0 Å². The molecule has 0 atom stereocenters. The molecule has 1 nitrogen and oxygen atoms in total. The molecule has 71 valence electrons. The molecule has 1 rings (SSSR count). The predicted octanol–water partition coefficient (Wildman–Crippen LogP) is 3.97. The second kappa shape index (κ2) is 3.77. The molecule has 1 aromatic rings. The number of benzene rings is 1. The van der Waals surface area contributed by atoms with E-state index in [1.165, 1.54) is 0 Å². The molecule has 1 radical (unpaired) electrons. The van der Waals surface area contributed by atoms with Crippen LogP contribution in [0.1, 0.15) is 20.8 Å². The minimum absolute atomic E-state index is 0.303. The zero-order chi connectivity index (χ0) is 10.1. The molecule has 3 heteroatoms. The van der Waals surface area contributed by atoms with Crippen molar-refractivity contribution in [2.75, 3.05) is 0 Å². The molecule has 0 aliphatic heterocycles. The average molecular weight is 218 g/mol. The standard InChI is InChI=1S/C10H11Cl2O/c1-10(2,3)13-9-7(11)5-4-6-8(9)12/h4-5H,1-3H3. The molecule has 0 heterocycles. The summed E-state index contributed by atoms with van der Waals surface area (Å²) in [6, 6.07) is 6.19. The molecule has 0 aliphatic carbocycles. The molecular weight excluding hydrogens is 207 g/mol. The van der Waals surface area contributed by atoms with Crippen molar-refractivity contribution in [3.63, 3.8) is 0 Å². The van der Waals surface area contributed by atoms with E-state index in [1.807, 2.05) is 20.8 Å². The summed E-state index contributed by atoms with van der Waals surface area (Å²) in [5, 5.41) is 0.932. The third-order valence-corrected chi connectivity index (χ3v) is 1.84. The Labute approximate surface area is 88.6 Å². The molecule has 0 aromatic heterocycles. The highest BCUT2D eigenvalue weighted by atomic mass is 35.5. The zero-order valence-corrected chi connectivity index (χ0v) is 9.33. The van der Waals surface area contributed by atoms with Crippen molar-refractivity contribution in [2.24, 2.45) is 0 Å². The van der Waals surface area contributed by atoms with Crippen molar-refractivity contribution in [2.45, 2.75) is 26.4 Å². The Balaban J connectivity index is 3.00. The maximum Gasteiger partial charge on any atom is 0.157 e. The van der Waals surface area contributed by atoms with Gasteiger partial charge in [-0.3, -0.25) is 0 Å². The second-order valence-corrected chi connectivity index (χ2v) is 4.47. The smallest absolute Gasteiger partial charge is 0.157 e. The predicted molar refractivity (Wildman–Crippen MR) is 55.7 cm³/mol. The van der Waals surface area contributed by atoms with Crippen LogP contribution in [0.4, 0.5) is 0 Å². The van der Waals surface area contributed by atoms with Gasteiger partial charge in [0.15, 0.2) is 5.75 Å². The fourth-order valence-corrected chi connectivity index (χ4v) is 1.28. The Morgan fingerprint density at radius 1 is 1.31 bits per heavy atom. The molecule has 0 unspecified atom stereocenters. The van der Waals surface area contributed by atoms with E-state index in [9.17, 15) is 0 Å². The summed E-state index contributed by atoms with van der Waals surface area (Å²) in [6.07, 6.45) is 0. The van der Waals surface area contributed by atoms with Crippen LogP contribution >= 0.6 is 23.2 Å². The van der Waals surface area contributed by atoms with Crippen molar-refractivity contribution in [1.82, 2.24) is 0 Å². The molecule has 1 aromatic carbocycles. The van der Waals surface area contributed by atoms with Gasteiger partial charge < -0.3 is 4.74 Å². The summed E-state index contributed by atoms with van der Waals surface area (Å²) >= 11 is 11.8. The van der Waals surface area contributed by atoms with E-state index in [0.717, 1.165) is 0 Å². The van der Waals surface area contributed by atoms with Crippen LogP contribution in [0.5, 0.6) is 5.75 Å². The van der Waals surface area contributed by atoms with E-state index >= 15 is 0 Å². The van der Waals surface area contributed by atoms with E-state index < -0.39 is 0 Å². The lowest BCUT2D eigenvalue weighted by molar-refractivity contribution is 0.131. The van der Waals surface area contributed by atoms with Gasteiger partial charge in [0, 0.05) is 6.07 Å². The molecule has 0 N–H and O–H groups in total. The molecule has 0 amide bonds. The minimum atomic E-state index is -0.303. The molecule has 0 spiro atoms. The van der Waals surface area contributed by atoms with Crippen LogP contribution < -0.4 is 4.74 Å². The van der Waals surface area contributed by atoms with Gasteiger partial charge in [0.25, 0.3) is 0 Å². The van der Waals surface area contributed by atoms with E-state index in [1.54, 1.807) is 12.1 Å². The molecule has 0 saturated carbocycles. The monoisotopic (exact) mass is 217 g/mol. The van der Waals surface area contributed by atoms with Crippen molar-refractivity contribution in [3.8, 4) is 5.75 Å². The van der Waals surface area contributed by atoms with Crippen molar-refractivity contribution < 1.29 is 4.74 Å². The van der Waals surface area contributed by atoms with Gasteiger partial charge in [0.05, 0.1) is 10.0 Å². The average Bonchev–Trinajstić information content (AvgIpc) is 1.95. The normalized spacial score (nSPS) is 11.5. The molecule has 0 bridgehead atoms. The van der Waals surface area contributed by atoms with E-state index in [4.69, 9.17) is 27.9 Å². The van der Waals surface area contributed by atoms with Crippen LogP contribution in [-0.4, -0.2) is 5.60 Å². The fourth-order valence-electron chi connectivity index (χ4n) is 0.834. The first-order chi connectivity index (χ1) is 5.90. The number of rotatable bonds is 1. The lowest BCUT2D eigenvalue weighted by Gasteiger charge is -2.22. The first kappa shape index (κ1) is 10.7. The lowest BCUT2D eigenvalue weighted by Crippen LogP contribution is -2.23. The van der Waals surface area contributed by atoms with Crippen LogP contribution in [-0.2, 0) is 0 Å². The topological polar surface area (TPSA) is 9.23 Å². The molecule has 13 heavy (non-hydrogen) atoms. The summed E-state index contributed by atoms with van der Waals surface area (Å²) < 4.78 is 5.57. The number of hydrogen-bond donors (Lipinski definition) is 0. The number of hydrogen-bond acceptors (Lipinski definition) is 1. The first-order valence-corrected chi connectivity index (χ1v) is 4.70. The minimum Gasteiger partial charge on any atom is -0.485 e. The van der Waals surface area contributed by atoms with Gasteiger partial charge in [-0.15, -0.1) is 0 Å². The maximum absolute atomic E-state index is 5.91.